The standard InChI is InChI=1S/C15H22N2O2/c1-17(13-9-5-6-10-14(13)18)11-15(19)16-12-7-3-2-4-8-12/h2-4,7-8,13-14,18H,5-6,9-11H2,1H3,(H,16,19). The fraction of sp³-hybridized carbons (Fsp3) is 0.533. The van der Waals surface area contributed by atoms with E-state index in [2.05, 4.69) is 5.32 Å². The van der Waals surface area contributed by atoms with Gasteiger partial charge < -0.3 is 10.4 Å². The Balaban J connectivity index is 1.84. The molecule has 2 unspecified atom stereocenters. The normalized spacial score (nSPS) is 23.3. The van der Waals surface area contributed by atoms with Crippen molar-refractivity contribution in [2.45, 2.75) is 37.8 Å². The van der Waals surface area contributed by atoms with E-state index in [0.717, 1.165) is 31.4 Å². The Morgan fingerprint density at radius 2 is 2.00 bits per heavy atom. The Hall–Kier alpha value is -1.39. The van der Waals surface area contributed by atoms with Crippen molar-refractivity contribution in [1.82, 2.24) is 4.90 Å². The fourth-order valence-corrected chi connectivity index (χ4v) is 2.67. The van der Waals surface area contributed by atoms with E-state index in [9.17, 15) is 9.90 Å². The van der Waals surface area contributed by atoms with Gasteiger partial charge >= 0.3 is 0 Å². The van der Waals surface area contributed by atoms with Gasteiger partial charge in [-0.2, -0.15) is 0 Å². The van der Waals surface area contributed by atoms with Gasteiger partial charge in [0.25, 0.3) is 0 Å². The zero-order chi connectivity index (χ0) is 13.7. The Bertz CT molecular complexity index is 408. The van der Waals surface area contributed by atoms with Crippen molar-refractivity contribution in [2.24, 2.45) is 0 Å². The summed E-state index contributed by atoms with van der Waals surface area (Å²) < 4.78 is 0. The molecule has 4 heteroatoms. The van der Waals surface area contributed by atoms with Crippen LogP contribution in [0.15, 0.2) is 30.3 Å². The van der Waals surface area contributed by atoms with Crippen molar-refractivity contribution in [2.75, 3.05) is 18.9 Å². The number of likely N-dealkylation sites (N-methyl/N-ethyl adjacent to an activating group) is 1. The van der Waals surface area contributed by atoms with Crippen molar-refractivity contribution < 1.29 is 9.90 Å². The van der Waals surface area contributed by atoms with Crippen LogP contribution < -0.4 is 5.32 Å². The number of carbonyl (C=O) groups excluding carboxylic acids is 1. The number of aliphatic hydroxyl groups excluding tert-OH is 1. The minimum atomic E-state index is -0.303. The van der Waals surface area contributed by atoms with Gasteiger partial charge in [0.1, 0.15) is 0 Å². The van der Waals surface area contributed by atoms with Gasteiger partial charge in [-0.25, -0.2) is 0 Å². The summed E-state index contributed by atoms with van der Waals surface area (Å²) in [5, 5.41) is 12.8. The predicted molar refractivity (Wildman–Crippen MR) is 76.0 cm³/mol. The van der Waals surface area contributed by atoms with E-state index in [1.165, 1.54) is 0 Å². The first-order valence-corrected chi connectivity index (χ1v) is 6.90. The number of hydrogen-bond donors (Lipinski definition) is 2. The average Bonchev–Trinajstić information content (AvgIpc) is 2.40. The number of aliphatic hydroxyl groups is 1. The van der Waals surface area contributed by atoms with Crippen LogP contribution in [0.1, 0.15) is 25.7 Å². The van der Waals surface area contributed by atoms with Gasteiger partial charge in [0.15, 0.2) is 0 Å². The van der Waals surface area contributed by atoms with Crippen LogP contribution in [0.25, 0.3) is 0 Å². The Morgan fingerprint density at radius 1 is 1.32 bits per heavy atom. The third-order valence-electron chi connectivity index (χ3n) is 3.71. The van der Waals surface area contributed by atoms with Crippen LogP contribution in [-0.4, -0.2) is 41.7 Å². The van der Waals surface area contributed by atoms with Gasteiger partial charge in [-0.1, -0.05) is 31.0 Å². The highest BCUT2D eigenvalue weighted by molar-refractivity contribution is 5.92. The summed E-state index contributed by atoms with van der Waals surface area (Å²) >= 11 is 0. The molecule has 1 aromatic carbocycles. The maximum absolute atomic E-state index is 11.9. The van der Waals surface area contributed by atoms with Gasteiger partial charge in [0, 0.05) is 11.7 Å². The first-order chi connectivity index (χ1) is 9.16. The molecular weight excluding hydrogens is 240 g/mol. The SMILES string of the molecule is CN(CC(=O)Nc1ccccc1)C1CCCCC1O. The molecule has 4 nitrogen and oxygen atoms in total. The zero-order valence-electron chi connectivity index (χ0n) is 11.4. The van der Waals surface area contributed by atoms with Crippen molar-refractivity contribution in [3.05, 3.63) is 30.3 Å². The molecular formula is C15H22N2O2. The molecule has 0 aromatic heterocycles. The zero-order valence-corrected chi connectivity index (χ0v) is 11.4. The van der Waals surface area contributed by atoms with Gasteiger partial charge in [0.05, 0.1) is 12.6 Å². The number of nitrogens with zero attached hydrogens (tertiary/aromatic N) is 1. The molecule has 2 atom stereocenters. The van der Waals surface area contributed by atoms with Crippen LogP contribution in [0.2, 0.25) is 0 Å². The van der Waals surface area contributed by atoms with E-state index < -0.39 is 0 Å². The highest BCUT2D eigenvalue weighted by Gasteiger charge is 2.27. The lowest BCUT2D eigenvalue weighted by Crippen LogP contribution is -2.46. The lowest BCUT2D eigenvalue weighted by atomic mass is 9.91. The second-order valence-electron chi connectivity index (χ2n) is 5.25. The second-order valence-corrected chi connectivity index (χ2v) is 5.25. The molecule has 0 bridgehead atoms. The second kappa shape index (κ2) is 6.68. The van der Waals surface area contributed by atoms with E-state index in [4.69, 9.17) is 0 Å². The van der Waals surface area contributed by atoms with Crippen LogP contribution in [-0.2, 0) is 4.79 Å². The lowest BCUT2D eigenvalue weighted by molar-refractivity contribution is -0.118. The largest absolute Gasteiger partial charge is 0.391 e. The summed E-state index contributed by atoms with van der Waals surface area (Å²) in [6.45, 7) is 0.316. The Kier molecular flexibility index (Phi) is 4.93. The van der Waals surface area contributed by atoms with Gasteiger partial charge in [0.2, 0.25) is 5.91 Å². The molecule has 1 amide bonds. The van der Waals surface area contributed by atoms with Crippen LogP contribution >= 0.6 is 0 Å². The predicted octanol–water partition coefficient (Wildman–Crippen LogP) is 1.86. The smallest absolute Gasteiger partial charge is 0.238 e. The lowest BCUT2D eigenvalue weighted by Gasteiger charge is -2.34. The quantitative estimate of drug-likeness (QED) is 0.871. The third kappa shape index (κ3) is 4.04. The molecule has 1 aromatic rings. The van der Waals surface area contributed by atoms with Crippen molar-refractivity contribution in [3.63, 3.8) is 0 Å². The number of hydrogen-bond acceptors (Lipinski definition) is 3. The summed E-state index contributed by atoms with van der Waals surface area (Å²) in [4.78, 5) is 13.9. The van der Waals surface area contributed by atoms with E-state index >= 15 is 0 Å². The topological polar surface area (TPSA) is 52.6 Å². The third-order valence-corrected chi connectivity index (χ3v) is 3.71. The molecule has 0 spiro atoms. The Labute approximate surface area is 114 Å². The molecule has 104 valence electrons. The first kappa shape index (κ1) is 14.0. The molecule has 2 rings (SSSR count). The maximum Gasteiger partial charge on any atom is 0.238 e. The molecule has 0 aliphatic heterocycles. The van der Waals surface area contributed by atoms with E-state index in [1.54, 1.807) is 0 Å². The van der Waals surface area contributed by atoms with Gasteiger partial charge in [-0.3, -0.25) is 9.69 Å². The molecule has 1 aliphatic carbocycles. The minimum Gasteiger partial charge on any atom is -0.391 e. The summed E-state index contributed by atoms with van der Waals surface area (Å²) in [5.41, 5.74) is 0.810. The fourth-order valence-electron chi connectivity index (χ4n) is 2.67. The summed E-state index contributed by atoms with van der Waals surface area (Å²) in [6, 6.07) is 9.55. The molecule has 2 N–H and O–H groups in total. The maximum atomic E-state index is 11.9. The molecule has 19 heavy (non-hydrogen) atoms. The number of benzene rings is 1. The molecule has 1 saturated carbocycles. The number of carbonyl (C=O) groups is 1. The number of amides is 1. The summed E-state index contributed by atoms with van der Waals surface area (Å²) in [6.07, 6.45) is 3.72. The molecule has 0 radical (unpaired) electrons. The van der Waals surface area contributed by atoms with E-state index in [0.29, 0.717) is 6.54 Å². The van der Waals surface area contributed by atoms with Crippen LogP contribution in [0, 0.1) is 0 Å². The Morgan fingerprint density at radius 3 is 2.68 bits per heavy atom. The summed E-state index contributed by atoms with van der Waals surface area (Å²) in [7, 11) is 1.91. The van der Waals surface area contributed by atoms with E-state index in [-0.39, 0.29) is 18.1 Å². The number of para-hydroxylation sites is 1. The molecule has 1 fully saturated rings. The first-order valence-electron chi connectivity index (χ1n) is 6.90. The summed E-state index contributed by atoms with van der Waals surface area (Å²) in [5.74, 6) is -0.0357. The van der Waals surface area contributed by atoms with Gasteiger partial charge in [-0.05, 0) is 32.0 Å². The van der Waals surface area contributed by atoms with E-state index in [1.807, 2.05) is 42.3 Å². The van der Waals surface area contributed by atoms with Crippen molar-refractivity contribution in [1.29, 1.82) is 0 Å². The van der Waals surface area contributed by atoms with Crippen LogP contribution in [0.5, 0.6) is 0 Å². The average molecular weight is 262 g/mol. The number of anilines is 1. The van der Waals surface area contributed by atoms with Crippen molar-refractivity contribution in [3.8, 4) is 0 Å². The minimum absolute atomic E-state index is 0.0357. The highest BCUT2D eigenvalue weighted by atomic mass is 16.3. The van der Waals surface area contributed by atoms with Crippen LogP contribution in [0.3, 0.4) is 0 Å². The molecule has 0 heterocycles. The number of nitrogens with one attached hydrogen (secondary N) is 1. The number of rotatable bonds is 4. The molecule has 0 saturated heterocycles. The molecule has 1 aliphatic rings. The van der Waals surface area contributed by atoms with Crippen molar-refractivity contribution >= 4 is 11.6 Å². The van der Waals surface area contributed by atoms with Gasteiger partial charge in [-0.15, -0.1) is 0 Å². The van der Waals surface area contributed by atoms with Crippen LogP contribution in [0.4, 0.5) is 5.69 Å². The monoisotopic (exact) mass is 262 g/mol. The highest BCUT2D eigenvalue weighted by Crippen LogP contribution is 2.22.